The number of rotatable bonds is 1. The molecule has 1 atom stereocenters. The van der Waals surface area contributed by atoms with Gasteiger partial charge in [-0.05, 0) is 26.4 Å². The highest BCUT2D eigenvalue weighted by atomic mass is 16.5. The molecule has 1 fully saturated rings. The lowest BCUT2D eigenvalue weighted by Crippen LogP contribution is -2.31. The first-order valence-electron chi connectivity index (χ1n) is 3.41. The van der Waals surface area contributed by atoms with Crippen LogP contribution in [-0.2, 0) is 4.74 Å². The van der Waals surface area contributed by atoms with Crippen molar-refractivity contribution in [3.8, 4) is 0 Å². The molecule has 1 rings (SSSR count). The van der Waals surface area contributed by atoms with E-state index in [0.29, 0.717) is 6.10 Å². The van der Waals surface area contributed by atoms with Crippen LogP contribution < -0.4 is 0 Å². The Hall–Kier alpha value is -0.0800. The Labute approximate surface area is 56.8 Å². The Morgan fingerprint density at radius 1 is 1.67 bits per heavy atom. The summed E-state index contributed by atoms with van der Waals surface area (Å²) < 4.78 is 5.16. The molecule has 0 bridgehead atoms. The normalized spacial score (nSPS) is 30.7. The highest BCUT2D eigenvalue weighted by molar-refractivity contribution is 4.80. The molecule has 1 heterocycles. The molecule has 1 unspecified atom stereocenters. The average Bonchev–Trinajstić information content (AvgIpc) is 1.88. The lowest BCUT2D eigenvalue weighted by molar-refractivity contribution is 0.0726. The van der Waals surface area contributed by atoms with Gasteiger partial charge < -0.3 is 4.74 Å². The van der Waals surface area contributed by atoms with Gasteiger partial charge in [0.25, 0.3) is 0 Å². The maximum atomic E-state index is 5.16. The third kappa shape index (κ3) is 1.95. The summed E-state index contributed by atoms with van der Waals surface area (Å²) in [5.74, 6) is 0. The number of ether oxygens (including phenoxy) is 1. The topological polar surface area (TPSA) is 12.5 Å². The van der Waals surface area contributed by atoms with Crippen molar-refractivity contribution in [1.82, 2.24) is 4.90 Å². The summed E-state index contributed by atoms with van der Waals surface area (Å²) in [7, 11) is 3.85. The monoisotopic (exact) mass is 128 g/mol. The Balaban J connectivity index is 2.23. The van der Waals surface area contributed by atoms with Crippen molar-refractivity contribution in [2.24, 2.45) is 0 Å². The van der Waals surface area contributed by atoms with Gasteiger partial charge in [0.1, 0.15) is 0 Å². The van der Waals surface area contributed by atoms with Crippen molar-refractivity contribution >= 4 is 0 Å². The highest BCUT2D eigenvalue weighted by Gasteiger charge is 2.15. The smallest absolute Gasteiger partial charge is 0.0743 e. The Morgan fingerprint density at radius 3 is 2.89 bits per heavy atom. The fraction of sp³-hybridized carbons (Fsp3) is 0.857. The van der Waals surface area contributed by atoms with Crippen LogP contribution >= 0.6 is 0 Å². The second kappa shape index (κ2) is 3.18. The first-order chi connectivity index (χ1) is 4.33. The van der Waals surface area contributed by atoms with Crippen LogP contribution in [0, 0.1) is 6.54 Å². The molecule has 1 saturated heterocycles. The van der Waals surface area contributed by atoms with Gasteiger partial charge in [-0.3, -0.25) is 4.90 Å². The standard InChI is InChI=1S/C7H14NO/c1-8-5-3-4-7(6-8)9-2/h6-7H,3-5H2,1-2H3. The van der Waals surface area contributed by atoms with Crippen LogP contribution in [0.5, 0.6) is 0 Å². The van der Waals surface area contributed by atoms with Gasteiger partial charge in [-0.1, -0.05) is 0 Å². The molecule has 1 aliphatic rings. The second-order valence-corrected chi connectivity index (χ2v) is 2.55. The van der Waals surface area contributed by atoms with Crippen molar-refractivity contribution in [3.63, 3.8) is 0 Å². The first kappa shape index (κ1) is 7.03. The van der Waals surface area contributed by atoms with E-state index in [4.69, 9.17) is 4.74 Å². The predicted octanol–water partition coefficient (Wildman–Crippen LogP) is 0.889. The zero-order chi connectivity index (χ0) is 6.69. The molecule has 0 aromatic carbocycles. The van der Waals surface area contributed by atoms with E-state index >= 15 is 0 Å². The zero-order valence-electron chi connectivity index (χ0n) is 6.13. The molecular weight excluding hydrogens is 114 g/mol. The molecule has 0 aliphatic carbocycles. The van der Waals surface area contributed by atoms with E-state index in [0.717, 1.165) is 0 Å². The molecule has 1 aliphatic heterocycles. The second-order valence-electron chi connectivity index (χ2n) is 2.55. The van der Waals surface area contributed by atoms with E-state index < -0.39 is 0 Å². The van der Waals surface area contributed by atoms with Gasteiger partial charge in [0.2, 0.25) is 0 Å². The summed E-state index contributed by atoms with van der Waals surface area (Å²) in [6.07, 6.45) is 2.80. The molecule has 2 heteroatoms. The Morgan fingerprint density at radius 2 is 2.44 bits per heavy atom. The largest absolute Gasteiger partial charge is 0.380 e. The third-order valence-corrected chi connectivity index (χ3v) is 1.72. The van der Waals surface area contributed by atoms with Gasteiger partial charge in [0, 0.05) is 7.11 Å². The van der Waals surface area contributed by atoms with Gasteiger partial charge in [-0.25, -0.2) is 0 Å². The minimum atomic E-state index is 0.365. The predicted molar refractivity (Wildman–Crippen MR) is 37.0 cm³/mol. The molecule has 0 N–H and O–H groups in total. The maximum absolute atomic E-state index is 5.16. The summed E-state index contributed by atoms with van der Waals surface area (Å²) in [6.45, 7) is 3.32. The van der Waals surface area contributed by atoms with Crippen LogP contribution in [0.15, 0.2) is 0 Å². The molecule has 0 amide bonds. The van der Waals surface area contributed by atoms with Gasteiger partial charge in [-0.2, -0.15) is 0 Å². The van der Waals surface area contributed by atoms with Gasteiger partial charge in [0.05, 0.1) is 12.6 Å². The molecule has 0 aromatic rings. The van der Waals surface area contributed by atoms with Crippen LogP contribution in [0.2, 0.25) is 0 Å². The highest BCUT2D eigenvalue weighted by Crippen LogP contribution is 2.13. The van der Waals surface area contributed by atoms with Crippen molar-refractivity contribution in [2.45, 2.75) is 18.9 Å². The van der Waals surface area contributed by atoms with Crippen LogP contribution in [0.25, 0.3) is 0 Å². The third-order valence-electron chi connectivity index (χ3n) is 1.72. The van der Waals surface area contributed by atoms with Crippen LogP contribution in [0.1, 0.15) is 12.8 Å². The van der Waals surface area contributed by atoms with E-state index in [-0.39, 0.29) is 0 Å². The number of methoxy groups -OCH3 is 1. The van der Waals surface area contributed by atoms with Crippen molar-refractivity contribution in [3.05, 3.63) is 6.54 Å². The summed E-state index contributed by atoms with van der Waals surface area (Å²) in [5, 5.41) is 0. The molecule has 1 radical (unpaired) electrons. The molecule has 9 heavy (non-hydrogen) atoms. The molecule has 0 spiro atoms. The van der Waals surface area contributed by atoms with Crippen molar-refractivity contribution in [2.75, 3.05) is 20.7 Å². The molecular formula is C7H14NO. The number of nitrogens with zero attached hydrogens (tertiary/aromatic N) is 1. The number of likely N-dealkylation sites (tertiary alicyclic amines) is 1. The van der Waals surface area contributed by atoms with Crippen molar-refractivity contribution in [1.29, 1.82) is 0 Å². The van der Waals surface area contributed by atoms with E-state index in [1.807, 2.05) is 0 Å². The van der Waals surface area contributed by atoms with Crippen LogP contribution in [-0.4, -0.2) is 31.7 Å². The molecule has 2 nitrogen and oxygen atoms in total. The summed E-state index contributed by atoms with van der Waals surface area (Å²) in [4.78, 5) is 2.19. The van der Waals surface area contributed by atoms with E-state index in [1.54, 1.807) is 7.11 Å². The zero-order valence-corrected chi connectivity index (χ0v) is 6.13. The van der Waals surface area contributed by atoms with Gasteiger partial charge in [0.15, 0.2) is 0 Å². The number of piperidine rings is 1. The van der Waals surface area contributed by atoms with Gasteiger partial charge in [-0.15, -0.1) is 0 Å². The van der Waals surface area contributed by atoms with Gasteiger partial charge >= 0.3 is 0 Å². The first-order valence-corrected chi connectivity index (χ1v) is 3.41. The Kier molecular flexibility index (Phi) is 2.49. The summed E-state index contributed by atoms with van der Waals surface area (Å²) >= 11 is 0. The molecule has 0 saturated carbocycles. The fourth-order valence-corrected chi connectivity index (χ4v) is 1.15. The summed E-state index contributed by atoms with van der Waals surface area (Å²) in [6, 6.07) is 0. The summed E-state index contributed by atoms with van der Waals surface area (Å²) in [5.41, 5.74) is 0. The minimum absolute atomic E-state index is 0.365. The lowest BCUT2D eigenvalue weighted by atomic mass is 10.1. The minimum Gasteiger partial charge on any atom is -0.380 e. The van der Waals surface area contributed by atoms with Crippen molar-refractivity contribution < 1.29 is 4.74 Å². The van der Waals surface area contributed by atoms with E-state index in [9.17, 15) is 0 Å². The van der Waals surface area contributed by atoms with Crippen LogP contribution in [0.4, 0.5) is 0 Å². The number of likely N-dealkylation sites (N-methyl/N-ethyl adjacent to an activating group) is 1. The fourth-order valence-electron chi connectivity index (χ4n) is 1.15. The molecule has 0 aromatic heterocycles. The Bertz CT molecular complexity index is 85.0. The number of hydrogen-bond acceptors (Lipinski definition) is 2. The quantitative estimate of drug-likeness (QED) is 0.520. The maximum Gasteiger partial charge on any atom is 0.0743 e. The van der Waals surface area contributed by atoms with Crippen LogP contribution in [0.3, 0.4) is 0 Å². The van der Waals surface area contributed by atoms with E-state index in [1.165, 1.54) is 19.4 Å². The lowest BCUT2D eigenvalue weighted by Gasteiger charge is -2.27. The SMILES string of the molecule is COC1[CH]N(C)CCC1. The average molecular weight is 128 g/mol. The molecule has 53 valence electrons. The number of hydrogen-bond donors (Lipinski definition) is 0. The van der Waals surface area contributed by atoms with E-state index in [2.05, 4.69) is 18.5 Å².